The van der Waals surface area contributed by atoms with E-state index < -0.39 is 5.97 Å². The predicted molar refractivity (Wildman–Crippen MR) is 91.0 cm³/mol. The lowest BCUT2D eigenvalue weighted by atomic mass is 9.84. The van der Waals surface area contributed by atoms with Crippen LogP contribution in [0.1, 0.15) is 48.2 Å². The lowest BCUT2D eigenvalue weighted by Crippen LogP contribution is -2.40. The van der Waals surface area contributed by atoms with Crippen molar-refractivity contribution < 1.29 is 19.1 Å². The monoisotopic (exact) mass is 350 g/mol. The number of ether oxygens (including phenoxy) is 1. The molecule has 7 heteroatoms. The van der Waals surface area contributed by atoms with Crippen molar-refractivity contribution in [3.8, 4) is 0 Å². The van der Waals surface area contributed by atoms with Gasteiger partial charge in [0.1, 0.15) is 4.88 Å². The Bertz CT molecular complexity index is 634. The third kappa shape index (κ3) is 3.45. The van der Waals surface area contributed by atoms with E-state index in [9.17, 15) is 14.4 Å². The molecular formula is C17H22N2O4S. The lowest BCUT2D eigenvalue weighted by molar-refractivity contribution is -0.130. The largest absolute Gasteiger partial charge is 0.465 e. The number of esters is 1. The van der Waals surface area contributed by atoms with Crippen LogP contribution in [-0.4, -0.2) is 42.4 Å². The average Bonchev–Trinajstić information content (AvgIpc) is 3.23. The first-order chi connectivity index (χ1) is 11.6. The summed E-state index contributed by atoms with van der Waals surface area (Å²) < 4.78 is 4.73. The molecular weight excluding hydrogens is 328 g/mol. The van der Waals surface area contributed by atoms with Crippen molar-refractivity contribution in [1.82, 2.24) is 4.90 Å². The molecule has 2 fully saturated rings. The van der Waals surface area contributed by atoms with Gasteiger partial charge < -0.3 is 15.0 Å². The number of carbonyl (C=O) groups excluding carboxylic acids is 3. The number of thiophene rings is 1. The Labute approximate surface area is 145 Å². The van der Waals surface area contributed by atoms with Crippen LogP contribution in [0.5, 0.6) is 0 Å². The van der Waals surface area contributed by atoms with E-state index in [1.54, 1.807) is 11.4 Å². The lowest BCUT2D eigenvalue weighted by Gasteiger charge is -2.34. The predicted octanol–water partition coefficient (Wildman–Crippen LogP) is 2.65. The number of hydrogen-bond acceptors (Lipinski definition) is 5. The molecule has 6 nitrogen and oxygen atoms in total. The molecule has 0 unspecified atom stereocenters. The zero-order valence-electron chi connectivity index (χ0n) is 13.7. The Morgan fingerprint density at radius 1 is 1.29 bits per heavy atom. The second-order valence-corrected chi connectivity index (χ2v) is 7.26. The number of carbonyl (C=O) groups is 3. The fourth-order valence-corrected chi connectivity index (χ4v) is 4.36. The summed E-state index contributed by atoms with van der Waals surface area (Å²) in [5.41, 5.74) is 0.522. The molecule has 1 aliphatic carbocycles. The van der Waals surface area contributed by atoms with Crippen molar-refractivity contribution in [1.29, 1.82) is 0 Å². The van der Waals surface area contributed by atoms with E-state index in [1.165, 1.54) is 18.4 Å². The van der Waals surface area contributed by atoms with Gasteiger partial charge in [-0.1, -0.05) is 0 Å². The van der Waals surface area contributed by atoms with Crippen molar-refractivity contribution in [2.24, 2.45) is 5.92 Å². The van der Waals surface area contributed by atoms with Crippen LogP contribution < -0.4 is 5.32 Å². The van der Waals surface area contributed by atoms with Crippen LogP contribution in [-0.2, 0) is 14.3 Å². The summed E-state index contributed by atoms with van der Waals surface area (Å²) in [5.74, 6) is -0.297. The number of nitrogens with one attached hydrogen (secondary N) is 1. The fraction of sp³-hybridized carbons (Fsp3) is 0.588. The van der Waals surface area contributed by atoms with Crippen LogP contribution in [0.15, 0.2) is 11.4 Å². The van der Waals surface area contributed by atoms with E-state index >= 15 is 0 Å². The van der Waals surface area contributed by atoms with Crippen molar-refractivity contribution in [3.63, 3.8) is 0 Å². The van der Waals surface area contributed by atoms with Gasteiger partial charge in [-0.3, -0.25) is 9.59 Å². The van der Waals surface area contributed by atoms with E-state index in [1.807, 2.05) is 4.90 Å². The fourth-order valence-electron chi connectivity index (χ4n) is 3.60. The minimum Gasteiger partial charge on any atom is -0.465 e. The van der Waals surface area contributed by atoms with Crippen molar-refractivity contribution >= 4 is 34.8 Å². The third-order valence-corrected chi connectivity index (χ3v) is 5.81. The highest BCUT2D eigenvalue weighted by atomic mass is 32.1. The number of rotatable bonds is 4. The van der Waals surface area contributed by atoms with Gasteiger partial charge in [0.2, 0.25) is 11.8 Å². The Morgan fingerprint density at radius 3 is 2.67 bits per heavy atom. The van der Waals surface area contributed by atoms with Gasteiger partial charge >= 0.3 is 5.97 Å². The van der Waals surface area contributed by atoms with E-state index in [0.717, 1.165) is 38.6 Å². The number of hydrogen-bond donors (Lipinski definition) is 1. The summed E-state index contributed by atoms with van der Waals surface area (Å²) >= 11 is 1.25. The molecule has 3 rings (SSSR count). The third-order valence-electron chi connectivity index (χ3n) is 4.91. The van der Waals surface area contributed by atoms with E-state index in [-0.39, 0.29) is 23.8 Å². The topological polar surface area (TPSA) is 75.7 Å². The van der Waals surface area contributed by atoms with Gasteiger partial charge in [0.25, 0.3) is 0 Å². The molecule has 1 saturated heterocycles. The first-order valence-corrected chi connectivity index (χ1v) is 9.24. The molecule has 2 aliphatic rings. The molecule has 2 amide bonds. The number of methoxy groups -OCH3 is 1. The second-order valence-electron chi connectivity index (χ2n) is 6.34. The Balaban J connectivity index is 1.55. The molecule has 1 N–H and O–H groups in total. The van der Waals surface area contributed by atoms with Gasteiger partial charge in [0.05, 0.1) is 12.8 Å². The maximum atomic E-state index is 12.5. The van der Waals surface area contributed by atoms with E-state index in [4.69, 9.17) is 4.74 Å². The van der Waals surface area contributed by atoms with E-state index in [0.29, 0.717) is 17.0 Å². The molecule has 2 heterocycles. The highest BCUT2D eigenvalue weighted by molar-refractivity contribution is 7.12. The first-order valence-electron chi connectivity index (χ1n) is 8.36. The molecule has 0 aromatic carbocycles. The van der Waals surface area contributed by atoms with Crippen LogP contribution in [0.4, 0.5) is 5.69 Å². The second kappa shape index (κ2) is 7.34. The molecule has 130 valence electrons. The average molecular weight is 350 g/mol. The van der Waals surface area contributed by atoms with Gasteiger partial charge in [-0.25, -0.2) is 4.79 Å². The normalized spacial score (nSPS) is 24.0. The molecule has 0 radical (unpaired) electrons. The molecule has 1 aromatic rings. The maximum Gasteiger partial charge on any atom is 0.350 e. The number of nitrogens with zero attached hydrogens (tertiary/aromatic N) is 1. The summed E-state index contributed by atoms with van der Waals surface area (Å²) in [5, 5.41) is 4.62. The Hall–Kier alpha value is -1.89. The van der Waals surface area contributed by atoms with Crippen molar-refractivity contribution in [3.05, 3.63) is 16.3 Å². The molecule has 0 bridgehead atoms. The minimum atomic E-state index is -0.434. The van der Waals surface area contributed by atoms with Crippen LogP contribution in [0.25, 0.3) is 0 Å². The van der Waals surface area contributed by atoms with Gasteiger partial charge in [-0.15, -0.1) is 11.3 Å². The van der Waals surface area contributed by atoms with Gasteiger partial charge in [-0.05, 0) is 43.6 Å². The molecule has 0 spiro atoms. The van der Waals surface area contributed by atoms with Crippen LogP contribution in [0, 0.1) is 5.92 Å². The Kier molecular flexibility index (Phi) is 5.18. The number of likely N-dealkylation sites (tertiary alicyclic amines) is 1. The van der Waals surface area contributed by atoms with Crippen molar-refractivity contribution in [2.75, 3.05) is 19.0 Å². The highest BCUT2D eigenvalue weighted by Crippen LogP contribution is 2.31. The number of anilines is 1. The minimum absolute atomic E-state index is 0.0512. The molecule has 24 heavy (non-hydrogen) atoms. The van der Waals surface area contributed by atoms with Gasteiger partial charge in [0, 0.05) is 24.9 Å². The summed E-state index contributed by atoms with van der Waals surface area (Å²) in [6.07, 6.45) is 4.91. The van der Waals surface area contributed by atoms with Gasteiger partial charge in [0.15, 0.2) is 0 Å². The summed E-state index contributed by atoms with van der Waals surface area (Å²) in [6, 6.07) is 2.01. The quantitative estimate of drug-likeness (QED) is 0.847. The summed E-state index contributed by atoms with van der Waals surface area (Å²) in [4.78, 5) is 38.4. The summed E-state index contributed by atoms with van der Waals surface area (Å²) in [6.45, 7) is 0.859. The number of amides is 2. The Morgan fingerprint density at radius 2 is 2.04 bits per heavy atom. The first kappa shape index (κ1) is 17.0. The highest BCUT2D eigenvalue weighted by Gasteiger charge is 2.33. The molecule has 1 saturated carbocycles. The van der Waals surface area contributed by atoms with E-state index in [2.05, 4.69) is 5.32 Å². The summed E-state index contributed by atoms with van der Waals surface area (Å²) in [7, 11) is 1.33. The zero-order chi connectivity index (χ0) is 17.1. The van der Waals surface area contributed by atoms with Gasteiger partial charge in [-0.2, -0.15) is 0 Å². The van der Waals surface area contributed by atoms with Crippen molar-refractivity contribution in [2.45, 2.75) is 44.6 Å². The molecule has 1 aliphatic heterocycles. The van der Waals surface area contributed by atoms with Crippen LogP contribution in [0.2, 0.25) is 0 Å². The van der Waals surface area contributed by atoms with Crippen LogP contribution >= 0.6 is 11.3 Å². The zero-order valence-corrected chi connectivity index (χ0v) is 14.6. The standard InChI is InChI=1S/C17H22N2O4S/c1-23-17(22)15-13(8-10-24-15)18-16(21)11-4-6-12(7-5-11)19-9-2-3-14(19)20/h8,10-12H,2-7,9H2,1H3,(H,18,21)/t11-,12-. The molecule has 1 aromatic heterocycles. The SMILES string of the molecule is COC(=O)c1sccc1NC(=O)[C@H]1CC[C@H](N2CCCC2=O)CC1. The maximum absolute atomic E-state index is 12.5. The molecule has 0 atom stereocenters. The smallest absolute Gasteiger partial charge is 0.350 e. The van der Waals surface area contributed by atoms with Crippen LogP contribution in [0.3, 0.4) is 0 Å².